The van der Waals surface area contributed by atoms with E-state index in [1.54, 1.807) is 34.5 Å². The van der Waals surface area contributed by atoms with E-state index in [1.165, 1.54) is 36.1 Å². The normalized spacial score (nSPS) is 18.2. The first-order valence-corrected chi connectivity index (χ1v) is 15.3. The fraction of sp³-hybridized carbons (Fsp3) is 0.545. The topological polar surface area (TPSA) is 0 Å². The first-order valence-electron chi connectivity index (χ1n) is 10.0. The van der Waals surface area contributed by atoms with Crippen LogP contribution in [0.1, 0.15) is 37.8 Å². The van der Waals surface area contributed by atoms with Crippen LogP contribution >= 0.6 is 0 Å². The Morgan fingerprint density at radius 3 is 1.22 bits per heavy atom. The second-order valence-electron chi connectivity index (χ2n) is 8.33. The van der Waals surface area contributed by atoms with Crippen molar-refractivity contribution in [3.63, 3.8) is 0 Å². The average molecular weight is 604 g/mol. The summed E-state index contributed by atoms with van der Waals surface area (Å²) in [7, 11) is -1.74. The molecule has 2 heterocycles. The van der Waals surface area contributed by atoms with Crippen molar-refractivity contribution >= 4 is 26.5 Å². The van der Waals surface area contributed by atoms with Crippen LogP contribution in [-0.2, 0) is 25.8 Å². The zero-order valence-corrected chi connectivity index (χ0v) is 24.5. The summed E-state index contributed by atoms with van der Waals surface area (Å²) in [6.07, 6.45) is 2.98. The predicted octanol–water partition coefficient (Wildman–Crippen LogP) is -0.408. The first-order chi connectivity index (χ1) is 11.5. The molecule has 0 bridgehead atoms. The fourth-order valence-electron chi connectivity index (χ4n) is 4.69. The van der Waals surface area contributed by atoms with Gasteiger partial charge < -0.3 is 24.8 Å². The van der Waals surface area contributed by atoms with E-state index >= 15 is 0 Å². The minimum atomic E-state index is -0.872. The van der Waals surface area contributed by atoms with Gasteiger partial charge in [0.25, 0.3) is 0 Å². The number of hydrogen-bond acceptors (Lipinski definition) is 0. The second kappa shape index (κ2) is 11.7. The number of aryl methyl sites for hydroxylation is 2. The van der Waals surface area contributed by atoms with Crippen LogP contribution in [-0.4, -0.2) is 16.1 Å². The molecule has 2 aromatic rings. The Bertz CT molecular complexity index is 600. The predicted molar refractivity (Wildman–Crippen MR) is 114 cm³/mol. The molecular weight excluding hydrogens is 570 g/mol. The van der Waals surface area contributed by atoms with E-state index < -0.39 is 16.1 Å². The van der Waals surface area contributed by atoms with Crippen molar-refractivity contribution in [3.05, 3.63) is 47.5 Å². The summed E-state index contributed by atoms with van der Waals surface area (Å²) >= 11 is 0. The standard InChI is InChI=1S/2C11H17Si.2ClH.Hf/c2*1-3-12(7-4-8-12)11-6-5-10(2)9-11;;;/h2*5-6,9H,3-4,7-8H2,1-2H3;2*1H;/q2*-1;;;+4/p-2. The van der Waals surface area contributed by atoms with E-state index in [0.717, 1.165) is 0 Å². The molecule has 5 heteroatoms. The van der Waals surface area contributed by atoms with Gasteiger partial charge in [0.15, 0.2) is 0 Å². The molecule has 2 fully saturated rings. The molecule has 2 aliphatic heterocycles. The molecule has 27 heavy (non-hydrogen) atoms. The molecule has 0 amide bonds. The van der Waals surface area contributed by atoms with Crippen molar-refractivity contribution in [1.82, 2.24) is 0 Å². The molecule has 2 aromatic carbocycles. The third-order valence-corrected chi connectivity index (χ3v) is 18.0. The van der Waals surface area contributed by atoms with Crippen molar-refractivity contribution < 1.29 is 50.7 Å². The summed E-state index contributed by atoms with van der Waals surface area (Å²) in [5, 5.41) is 3.46. The fourth-order valence-corrected chi connectivity index (χ4v) is 12.4. The van der Waals surface area contributed by atoms with Crippen molar-refractivity contribution in [2.24, 2.45) is 0 Å². The van der Waals surface area contributed by atoms with Gasteiger partial charge in [-0.05, 0) is 0 Å². The van der Waals surface area contributed by atoms with Gasteiger partial charge in [0.05, 0.1) is 0 Å². The quantitative estimate of drug-likeness (QED) is 0.330. The minimum absolute atomic E-state index is 0. The van der Waals surface area contributed by atoms with E-state index in [4.69, 9.17) is 0 Å². The summed E-state index contributed by atoms with van der Waals surface area (Å²) in [5.41, 5.74) is 2.91. The van der Waals surface area contributed by atoms with Crippen LogP contribution < -0.4 is 35.2 Å². The van der Waals surface area contributed by atoms with Crippen LogP contribution in [0, 0.1) is 13.8 Å². The molecule has 0 unspecified atom stereocenters. The van der Waals surface area contributed by atoms with Gasteiger partial charge in [-0.1, -0.05) is 76.8 Å². The van der Waals surface area contributed by atoms with Crippen molar-refractivity contribution in [2.75, 3.05) is 0 Å². The first kappa shape index (κ1) is 27.6. The maximum atomic E-state index is 2.43. The Hall–Kier alpha value is 0.584. The number of hydrogen-bond donors (Lipinski definition) is 0. The molecule has 0 saturated carbocycles. The zero-order chi connectivity index (χ0) is 17.2. The van der Waals surface area contributed by atoms with Crippen LogP contribution in [0.5, 0.6) is 0 Å². The molecule has 0 spiro atoms. The van der Waals surface area contributed by atoms with E-state index in [1.807, 2.05) is 0 Å². The van der Waals surface area contributed by atoms with Crippen LogP contribution in [0.2, 0.25) is 36.3 Å². The van der Waals surface area contributed by atoms with Crippen LogP contribution in [0.25, 0.3) is 0 Å². The molecule has 0 nitrogen and oxygen atoms in total. The van der Waals surface area contributed by atoms with Crippen molar-refractivity contribution in [1.29, 1.82) is 0 Å². The van der Waals surface area contributed by atoms with Gasteiger partial charge >= 0.3 is 25.8 Å². The summed E-state index contributed by atoms with van der Waals surface area (Å²) in [6.45, 7) is 9.18. The Morgan fingerprint density at radius 1 is 0.741 bits per heavy atom. The van der Waals surface area contributed by atoms with E-state index in [0.29, 0.717) is 0 Å². The summed E-state index contributed by atoms with van der Waals surface area (Å²) in [6, 6.07) is 23.3. The Labute approximate surface area is 200 Å². The van der Waals surface area contributed by atoms with Gasteiger partial charge in [0.1, 0.15) is 0 Å². The molecule has 2 saturated heterocycles. The SMILES string of the molecule is CC[Si]1(c2cc[c-](C)c2)CCC1.CC[Si]1(c2cc[c-](C)c2)CCC1.[Cl-].[Cl-].[Hf+4]. The maximum absolute atomic E-state index is 2.43. The van der Waals surface area contributed by atoms with E-state index in [-0.39, 0.29) is 50.7 Å². The Balaban J connectivity index is 0.000000451. The smallest absolute Gasteiger partial charge is 1.00 e. The molecule has 0 radical (unpaired) electrons. The molecule has 0 aromatic heterocycles. The van der Waals surface area contributed by atoms with Gasteiger partial charge in [0.2, 0.25) is 0 Å². The van der Waals surface area contributed by atoms with Crippen LogP contribution in [0.4, 0.5) is 0 Å². The average Bonchev–Trinajstić information content (AvgIpc) is 3.09. The second-order valence-corrected chi connectivity index (χ2v) is 18.0. The van der Waals surface area contributed by atoms with Gasteiger partial charge in [-0.25, -0.2) is 22.5 Å². The Kier molecular flexibility index (Phi) is 11.9. The van der Waals surface area contributed by atoms with E-state index in [9.17, 15) is 0 Å². The van der Waals surface area contributed by atoms with Gasteiger partial charge in [0, 0.05) is 16.1 Å². The molecular formula is C22H34Cl2HfSi2. The summed E-state index contributed by atoms with van der Waals surface area (Å²) < 4.78 is 0. The molecule has 0 N–H and O–H groups in total. The van der Waals surface area contributed by atoms with Crippen LogP contribution in [0.15, 0.2) is 36.4 Å². The summed E-state index contributed by atoms with van der Waals surface area (Å²) in [5.74, 6) is 0. The van der Waals surface area contributed by atoms with Gasteiger partial charge in [-0.3, -0.25) is 0 Å². The van der Waals surface area contributed by atoms with Crippen molar-refractivity contribution in [3.8, 4) is 0 Å². The maximum Gasteiger partial charge on any atom is 4.00 e. The molecule has 0 aliphatic carbocycles. The van der Waals surface area contributed by atoms with Crippen LogP contribution in [0.3, 0.4) is 0 Å². The molecule has 0 atom stereocenters. The number of halogens is 2. The van der Waals surface area contributed by atoms with Crippen molar-refractivity contribution in [2.45, 2.75) is 76.8 Å². The number of rotatable bonds is 4. The molecule has 4 rings (SSSR count). The van der Waals surface area contributed by atoms with E-state index in [2.05, 4.69) is 64.1 Å². The van der Waals surface area contributed by atoms with Gasteiger partial charge in [-0.15, -0.1) is 0 Å². The molecule has 148 valence electrons. The third-order valence-electron chi connectivity index (χ3n) is 7.02. The summed E-state index contributed by atoms with van der Waals surface area (Å²) in [4.78, 5) is 0. The third kappa shape index (κ3) is 5.81. The largest absolute Gasteiger partial charge is 4.00 e. The monoisotopic (exact) mass is 604 g/mol. The zero-order valence-electron chi connectivity index (χ0n) is 17.4. The Morgan fingerprint density at radius 2 is 1.07 bits per heavy atom. The van der Waals surface area contributed by atoms with Gasteiger partial charge in [-0.2, -0.15) is 35.4 Å². The minimum Gasteiger partial charge on any atom is -1.00 e. The molecule has 2 aliphatic rings.